The zero-order valence-corrected chi connectivity index (χ0v) is 20.3. The number of rotatable bonds is 6. The molecular weight excluding hydrogens is 495 g/mol. The fraction of sp³-hybridized carbons (Fsp3) is 0.120. The van der Waals surface area contributed by atoms with E-state index < -0.39 is 15.7 Å². The molecule has 0 aliphatic carbocycles. The number of aromatic nitrogens is 8. The van der Waals surface area contributed by atoms with Crippen LogP contribution in [0, 0.1) is 5.82 Å². The number of nitrogens with zero attached hydrogens (tertiary/aromatic N) is 6. The Bertz CT molecular complexity index is 1880. The molecule has 0 saturated carbocycles. The second kappa shape index (κ2) is 8.82. The fourth-order valence-electron chi connectivity index (χ4n) is 4.15. The highest BCUT2D eigenvalue weighted by Crippen LogP contribution is 2.31. The van der Waals surface area contributed by atoms with Crippen molar-refractivity contribution in [1.29, 1.82) is 0 Å². The van der Waals surface area contributed by atoms with Crippen molar-refractivity contribution in [2.45, 2.75) is 6.42 Å². The van der Waals surface area contributed by atoms with Gasteiger partial charge in [-0.15, -0.1) is 0 Å². The summed E-state index contributed by atoms with van der Waals surface area (Å²) in [6.07, 6.45) is 7.79. The highest BCUT2D eigenvalue weighted by atomic mass is 32.2. The lowest BCUT2D eigenvalue weighted by Crippen LogP contribution is -2.06. The first-order valence-corrected chi connectivity index (χ1v) is 13.3. The number of pyridine rings is 2. The van der Waals surface area contributed by atoms with Gasteiger partial charge in [0.15, 0.2) is 11.5 Å². The molecule has 1 aromatic carbocycles. The fourth-order valence-corrected chi connectivity index (χ4v) is 4.76. The minimum absolute atomic E-state index is 0.0730. The van der Waals surface area contributed by atoms with Crippen molar-refractivity contribution in [3.63, 3.8) is 0 Å². The molecule has 5 aromatic heterocycles. The van der Waals surface area contributed by atoms with Crippen molar-refractivity contribution in [1.82, 2.24) is 40.1 Å². The van der Waals surface area contributed by atoms with Crippen molar-refractivity contribution in [2.24, 2.45) is 0 Å². The van der Waals surface area contributed by atoms with Crippen molar-refractivity contribution < 1.29 is 12.8 Å². The van der Waals surface area contributed by atoms with Gasteiger partial charge in [0.1, 0.15) is 33.0 Å². The maximum atomic E-state index is 14.5. The molecule has 0 aliphatic heterocycles. The van der Waals surface area contributed by atoms with Gasteiger partial charge in [-0.25, -0.2) is 32.7 Å². The van der Waals surface area contributed by atoms with E-state index in [0.717, 1.165) is 17.3 Å². The number of hydrogen-bond acceptors (Lipinski definition) is 8. The molecule has 5 heterocycles. The van der Waals surface area contributed by atoms with Crippen molar-refractivity contribution in [3.05, 3.63) is 72.7 Å². The largest absolute Gasteiger partial charge is 0.336 e. The Balaban J connectivity index is 1.44. The summed E-state index contributed by atoms with van der Waals surface area (Å²) < 4.78 is 37.7. The Morgan fingerprint density at radius 1 is 0.919 bits per heavy atom. The third-order valence-corrected chi connectivity index (χ3v) is 6.83. The lowest BCUT2D eigenvalue weighted by Gasteiger charge is -2.06. The molecule has 0 fully saturated rings. The summed E-state index contributed by atoms with van der Waals surface area (Å²) in [5, 5.41) is 7.40. The molecule has 0 aliphatic rings. The van der Waals surface area contributed by atoms with E-state index in [9.17, 15) is 12.8 Å². The number of hydrogen-bond donors (Lipinski definition) is 2. The van der Waals surface area contributed by atoms with Crippen LogP contribution in [-0.4, -0.2) is 60.5 Å². The van der Waals surface area contributed by atoms with Crippen LogP contribution in [0.3, 0.4) is 0 Å². The van der Waals surface area contributed by atoms with Gasteiger partial charge in [0.05, 0.1) is 28.2 Å². The van der Waals surface area contributed by atoms with Crippen LogP contribution >= 0.6 is 0 Å². The van der Waals surface area contributed by atoms with Crippen LogP contribution in [0.5, 0.6) is 0 Å². The van der Waals surface area contributed by atoms with E-state index in [1.54, 1.807) is 30.7 Å². The molecule has 184 valence electrons. The highest BCUT2D eigenvalue weighted by molar-refractivity contribution is 7.90. The summed E-state index contributed by atoms with van der Waals surface area (Å²) >= 11 is 0. The van der Waals surface area contributed by atoms with Crippen LogP contribution in [-0.2, 0) is 16.3 Å². The number of nitrogens with one attached hydrogen (secondary N) is 2. The molecule has 0 atom stereocenters. The molecule has 0 bridgehead atoms. The molecule has 0 unspecified atom stereocenters. The van der Waals surface area contributed by atoms with Crippen molar-refractivity contribution in [2.75, 3.05) is 12.0 Å². The topological polar surface area (TPSA) is 143 Å². The predicted octanol–water partition coefficient (Wildman–Crippen LogP) is 3.75. The summed E-state index contributed by atoms with van der Waals surface area (Å²) in [4.78, 5) is 25.3. The molecule has 0 saturated heterocycles. The molecule has 37 heavy (non-hydrogen) atoms. The van der Waals surface area contributed by atoms with Crippen LogP contribution in [0.1, 0.15) is 5.56 Å². The van der Waals surface area contributed by atoms with Gasteiger partial charge in [-0.2, -0.15) is 5.10 Å². The summed E-state index contributed by atoms with van der Waals surface area (Å²) in [5.74, 6) is -0.0789. The number of halogens is 1. The van der Waals surface area contributed by atoms with Crippen LogP contribution < -0.4 is 0 Å². The maximum absolute atomic E-state index is 14.5. The smallest absolute Gasteiger partial charge is 0.161 e. The minimum Gasteiger partial charge on any atom is -0.336 e. The molecule has 0 radical (unpaired) electrons. The second-order valence-electron chi connectivity index (χ2n) is 8.66. The SMILES string of the molecule is CS(=O)(=O)CCc1cc(F)cc(-c2nccc3[nH]c(-c4n[nH]c5ccc(-c6cncnc6)nc45)nc23)c1. The first kappa shape index (κ1) is 22.9. The number of aromatic amines is 2. The standard InChI is InChI=1S/C25H19FN8O2S/c1-37(35,36)7-5-14-8-15(10-17(26)9-14)21-22-19(4-6-29-21)31-25(32-22)24-23-20(33-34-24)3-2-18(30-23)16-11-27-13-28-12-16/h2-4,6,8-13H,5,7H2,1H3,(H,31,32)(H,33,34). The molecule has 0 amide bonds. The first-order valence-electron chi connectivity index (χ1n) is 11.3. The number of aryl methyl sites for hydroxylation is 1. The summed E-state index contributed by atoms with van der Waals surface area (Å²) in [5.41, 5.74) is 6.07. The van der Waals surface area contributed by atoms with Gasteiger partial charge in [-0.1, -0.05) is 0 Å². The van der Waals surface area contributed by atoms with Crippen LogP contribution in [0.4, 0.5) is 4.39 Å². The van der Waals surface area contributed by atoms with Gasteiger partial charge in [0, 0.05) is 36.0 Å². The average Bonchev–Trinajstić information content (AvgIpc) is 3.51. The van der Waals surface area contributed by atoms with Crippen LogP contribution in [0.2, 0.25) is 0 Å². The lowest BCUT2D eigenvalue weighted by atomic mass is 10.0. The van der Waals surface area contributed by atoms with Gasteiger partial charge < -0.3 is 4.98 Å². The maximum Gasteiger partial charge on any atom is 0.161 e. The summed E-state index contributed by atoms with van der Waals surface area (Å²) in [7, 11) is -3.19. The summed E-state index contributed by atoms with van der Waals surface area (Å²) in [6, 6.07) is 9.94. The number of H-pyrrole nitrogens is 2. The monoisotopic (exact) mass is 514 g/mol. The lowest BCUT2D eigenvalue weighted by molar-refractivity contribution is 0.600. The van der Waals surface area contributed by atoms with E-state index in [2.05, 4.69) is 30.1 Å². The molecule has 6 rings (SSSR count). The number of sulfone groups is 1. The van der Waals surface area contributed by atoms with E-state index in [4.69, 9.17) is 9.97 Å². The van der Waals surface area contributed by atoms with E-state index in [0.29, 0.717) is 50.6 Å². The molecule has 10 nitrogen and oxygen atoms in total. The third kappa shape index (κ3) is 4.54. The van der Waals surface area contributed by atoms with Gasteiger partial charge in [0.25, 0.3) is 0 Å². The van der Waals surface area contributed by atoms with Gasteiger partial charge >= 0.3 is 0 Å². The van der Waals surface area contributed by atoms with E-state index in [1.165, 1.54) is 18.5 Å². The second-order valence-corrected chi connectivity index (χ2v) is 10.9. The molecular formula is C25H19FN8O2S. The van der Waals surface area contributed by atoms with E-state index in [-0.39, 0.29) is 12.2 Å². The third-order valence-electron chi connectivity index (χ3n) is 5.88. The number of fused-ring (bicyclic) bond motifs is 2. The zero-order valence-electron chi connectivity index (χ0n) is 19.5. The van der Waals surface area contributed by atoms with E-state index in [1.807, 2.05) is 12.1 Å². The normalized spacial score (nSPS) is 11.9. The van der Waals surface area contributed by atoms with Gasteiger partial charge in [-0.3, -0.25) is 10.1 Å². The van der Waals surface area contributed by atoms with Crippen molar-refractivity contribution in [3.8, 4) is 34.0 Å². The van der Waals surface area contributed by atoms with Gasteiger partial charge in [-0.05, 0) is 48.4 Å². The molecule has 12 heteroatoms. The number of benzene rings is 1. The predicted molar refractivity (Wildman–Crippen MR) is 137 cm³/mol. The van der Waals surface area contributed by atoms with Crippen LogP contribution in [0.25, 0.3) is 56.1 Å². The van der Waals surface area contributed by atoms with E-state index >= 15 is 0 Å². The number of imidazole rings is 1. The highest BCUT2D eigenvalue weighted by Gasteiger charge is 2.18. The Kier molecular flexibility index (Phi) is 5.45. The van der Waals surface area contributed by atoms with Crippen LogP contribution in [0.15, 0.2) is 61.3 Å². The average molecular weight is 515 g/mol. The quantitative estimate of drug-likeness (QED) is 0.342. The molecule has 6 aromatic rings. The first-order chi connectivity index (χ1) is 17.8. The Morgan fingerprint density at radius 2 is 1.73 bits per heavy atom. The molecule has 2 N–H and O–H groups in total. The molecule has 0 spiro atoms. The Labute approximate surface area is 210 Å². The summed E-state index contributed by atoms with van der Waals surface area (Å²) in [6.45, 7) is 0. The minimum atomic E-state index is -3.19. The Morgan fingerprint density at radius 3 is 2.54 bits per heavy atom. The van der Waals surface area contributed by atoms with Gasteiger partial charge in [0.2, 0.25) is 0 Å². The Hall–Kier alpha value is -4.58. The van der Waals surface area contributed by atoms with Crippen molar-refractivity contribution >= 4 is 31.9 Å². The zero-order chi connectivity index (χ0) is 25.6.